The summed E-state index contributed by atoms with van der Waals surface area (Å²) in [6.45, 7) is 3.61. The van der Waals surface area contributed by atoms with E-state index in [0.29, 0.717) is 13.0 Å². The van der Waals surface area contributed by atoms with Crippen LogP contribution in [0.1, 0.15) is 44.0 Å². The van der Waals surface area contributed by atoms with E-state index in [0.717, 1.165) is 38.1 Å². The smallest absolute Gasteiger partial charge is 0.220 e. The van der Waals surface area contributed by atoms with Crippen LogP contribution in [0.2, 0.25) is 0 Å². The molecule has 2 rings (SSSR count). The molecule has 4 nitrogen and oxygen atoms in total. The number of rotatable bonds is 9. The van der Waals surface area contributed by atoms with Crippen molar-refractivity contribution >= 4 is 5.91 Å². The molecule has 1 amide bonds. The van der Waals surface area contributed by atoms with Gasteiger partial charge < -0.3 is 9.88 Å². The lowest BCUT2D eigenvalue weighted by Gasteiger charge is -2.09. The van der Waals surface area contributed by atoms with Gasteiger partial charge in [0, 0.05) is 38.3 Å². The first-order valence-corrected chi connectivity index (χ1v) is 8.10. The molecule has 1 aromatic carbocycles. The molecular weight excluding hydrogens is 274 g/mol. The SMILES string of the molecule is CCCCCC(=O)NCCc1nccn1Cc1ccccc1. The summed E-state index contributed by atoms with van der Waals surface area (Å²) in [6, 6.07) is 10.3. The van der Waals surface area contributed by atoms with E-state index in [1.165, 1.54) is 5.56 Å². The van der Waals surface area contributed by atoms with Crippen molar-refractivity contribution in [3.05, 3.63) is 54.1 Å². The number of hydrogen-bond donors (Lipinski definition) is 1. The molecule has 4 heteroatoms. The van der Waals surface area contributed by atoms with Gasteiger partial charge in [-0.25, -0.2) is 4.98 Å². The third kappa shape index (κ3) is 5.35. The molecule has 22 heavy (non-hydrogen) atoms. The van der Waals surface area contributed by atoms with Crippen LogP contribution in [-0.4, -0.2) is 22.0 Å². The Balaban J connectivity index is 1.77. The summed E-state index contributed by atoms with van der Waals surface area (Å²) in [6.07, 6.45) is 8.45. The standard InChI is InChI=1S/C18H25N3O/c1-2-3-5-10-18(22)20-12-11-17-19-13-14-21(17)15-16-8-6-4-7-9-16/h4,6-9,13-14H,2-3,5,10-12,15H2,1H3,(H,20,22). The van der Waals surface area contributed by atoms with Gasteiger partial charge >= 0.3 is 0 Å². The summed E-state index contributed by atoms with van der Waals surface area (Å²) in [5.74, 6) is 1.16. The van der Waals surface area contributed by atoms with Crippen molar-refractivity contribution in [3.8, 4) is 0 Å². The Morgan fingerprint density at radius 3 is 2.82 bits per heavy atom. The van der Waals surface area contributed by atoms with Crippen LogP contribution in [0.25, 0.3) is 0 Å². The number of carbonyl (C=O) groups is 1. The molecule has 2 aromatic rings. The Morgan fingerprint density at radius 2 is 2.05 bits per heavy atom. The normalized spacial score (nSPS) is 10.6. The number of benzene rings is 1. The maximum absolute atomic E-state index is 11.7. The monoisotopic (exact) mass is 299 g/mol. The van der Waals surface area contributed by atoms with Crippen molar-refractivity contribution in [2.75, 3.05) is 6.54 Å². The van der Waals surface area contributed by atoms with Gasteiger partial charge in [0.25, 0.3) is 0 Å². The molecule has 0 bridgehead atoms. The van der Waals surface area contributed by atoms with Gasteiger partial charge in [-0.1, -0.05) is 50.1 Å². The Bertz CT molecular complexity index is 563. The van der Waals surface area contributed by atoms with Gasteiger partial charge in [-0.05, 0) is 12.0 Å². The van der Waals surface area contributed by atoms with E-state index in [1.54, 1.807) is 0 Å². The highest BCUT2D eigenvalue weighted by atomic mass is 16.1. The molecule has 0 saturated carbocycles. The van der Waals surface area contributed by atoms with Crippen molar-refractivity contribution in [1.82, 2.24) is 14.9 Å². The molecule has 0 spiro atoms. The topological polar surface area (TPSA) is 46.9 Å². The zero-order valence-corrected chi connectivity index (χ0v) is 13.3. The average molecular weight is 299 g/mol. The first-order chi connectivity index (χ1) is 10.8. The first-order valence-electron chi connectivity index (χ1n) is 8.10. The van der Waals surface area contributed by atoms with Crippen LogP contribution in [0.4, 0.5) is 0 Å². The lowest BCUT2D eigenvalue weighted by molar-refractivity contribution is -0.121. The Labute approximate surface area is 132 Å². The van der Waals surface area contributed by atoms with Crippen molar-refractivity contribution in [1.29, 1.82) is 0 Å². The summed E-state index contributed by atoms with van der Waals surface area (Å²) >= 11 is 0. The molecule has 0 aliphatic rings. The molecule has 0 fully saturated rings. The zero-order chi connectivity index (χ0) is 15.6. The quantitative estimate of drug-likeness (QED) is 0.723. The fourth-order valence-corrected chi connectivity index (χ4v) is 2.43. The number of nitrogens with one attached hydrogen (secondary N) is 1. The van der Waals surface area contributed by atoms with E-state index in [-0.39, 0.29) is 5.91 Å². The van der Waals surface area contributed by atoms with Gasteiger partial charge in [0.2, 0.25) is 5.91 Å². The van der Waals surface area contributed by atoms with Crippen LogP contribution in [0.3, 0.4) is 0 Å². The Kier molecular flexibility index (Phi) is 6.68. The van der Waals surface area contributed by atoms with Gasteiger partial charge in [-0.15, -0.1) is 0 Å². The first kappa shape index (κ1) is 16.3. The average Bonchev–Trinajstić information content (AvgIpc) is 2.96. The molecule has 118 valence electrons. The lowest BCUT2D eigenvalue weighted by Crippen LogP contribution is -2.26. The van der Waals surface area contributed by atoms with E-state index in [1.807, 2.05) is 30.6 Å². The maximum Gasteiger partial charge on any atom is 0.220 e. The predicted octanol–water partition coefficient (Wildman–Crippen LogP) is 3.17. The molecule has 1 N–H and O–H groups in total. The highest BCUT2D eigenvalue weighted by molar-refractivity contribution is 5.75. The van der Waals surface area contributed by atoms with E-state index < -0.39 is 0 Å². The minimum absolute atomic E-state index is 0.148. The molecule has 0 aliphatic carbocycles. The van der Waals surface area contributed by atoms with Gasteiger partial charge in [-0.2, -0.15) is 0 Å². The number of imidazole rings is 1. The third-order valence-corrected chi connectivity index (χ3v) is 3.68. The van der Waals surface area contributed by atoms with E-state index >= 15 is 0 Å². The summed E-state index contributed by atoms with van der Waals surface area (Å²) in [7, 11) is 0. The third-order valence-electron chi connectivity index (χ3n) is 3.68. The van der Waals surface area contributed by atoms with Gasteiger partial charge in [-0.3, -0.25) is 4.79 Å². The minimum Gasteiger partial charge on any atom is -0.356 e. The van der Waals surface area contributed by atoms with Gasteiger partial charge in [0.1, 0.15) is 5.82 Å². The molecule has 0 radical (unpaired) electrons. The summed E-state index contributed by atoms with van der Waals surface area (Å²) < 4.78 is 2.14. The lowest BCUT2D eigenvalue weighted by atomic mass is 10.2. The number of amides is 1. The molecule has 0 aliphatic heterocycles. The van der Waals surface area contributed by atoms with Crippen molar-refractivity contribution in [3.63, 3.8) is 0 Å². The number of nitrogens with zero attached hydrogens (tertiary/aromatic N) is 2. The number of unbranched alkanes of at least 4 members (excludes halogenated alkanes) is 2. The maximum atomic E-state index is 11.7. The summed E-state index contributed by atoms with van der Waals surface area (Å²) in [5.41, 5.74) is 1.25. The zero-order valence-electron chi connectivity index (χ0n) is 13.3. The van der Waals surface area contributed by atoms with Crippen molar-refractivity contribution in [2.24, 2.45) is 0 Å². The molecule has 0 unspecified atom stereocenters. The predicted molar refractivity (Wildman–Crippen MR) is 88.6 cm³/mol. The summed E-state index contributed by atoms with van der Waals surface area (Å²) in [5, 5.41) is 2.98. The molecule has 0 saturated heterocycles. The molecular formula is C18H25N3O. The van der Waals surface area contributed by atoms with E-state index in [4.69, 9.17) is 0 Å². The number of carbonyl (C=O) groups excluding carboxylic acids is 1. The van der Waals surface area contributed by atoms with Gasteiger partial charge in [0.15, 0.2) is 0 Å². The van der Waals surface area contributed by atoms with E-state index in [2.05, 4.69) is 33.9 Å². The van der Waals surface area contributed by atoms with Gasteiger partial charge in [0.05, 0.1) is 0 Å². The Morgan fingerprint density at radius 1 is 1.23 bits per heavy atom. The number of hydrogen-bond acceptors (Lipinski definition) is 2. The second-order valence-corrected chi connectivity index (χ2v) is 5.51. The molecule has 1 heterocycles. The van der Waals surface area contributed by atoms with Crippen LogP contribution < -0.4 is 5.32 Å². The van der Waals surface area contributed by atoms with Crippen LogP contribution >= 0.6 is 0 Å². The molecule has 1 aromatic heterocycles. The van der Waals surface area contributed by atoms with Crippen molar-refractivity contribution < 1.29 is 4.79 Å². The van der Waals surface area contributed by atoms with Crippen LogP contribution in [0.5, 0.6) is 0 Å². The van der Waals surface area contributed by atoms with Crippen LogP contribution in [-0.2, 0) is 17.8 Å². The highest BCUT2D eigenvalue weighted by Gasteiger charge is 2.05. The minimum atomic E-state index is 0.148. The second-order valence-electron chi connectivity index (χ2n) is 5.51. The van der Waals surface area contributed by atoms with E-state index in [9.17, 15) is 4.79 Å². The fraction of sp³-hybridized carbons (Fsp3) is 0.444. The largest absolute Gasteiger partial charge is 0.356 e. The van der Waals surface area contributed by atoms with Crippen molar-refractivity contribution in [2.45, 2.75) is 45.6 Å². The molecule has 0 atom stereocenters. The number of aromatic nitrogens is 2. The van der Waals surface area contributed by atoms with Crippen LogP contribution in [0, 0.1) is 0 Å². The fourth-order valence-electron chi connectivity index (χ4n) is 2.43. The summed E-state index contributed by atoms with van der Waals surface area (Å²) in [4.78, 5) is 16.1. The Hall–Kier alpha value is -2.10. The second kappa shape index (κ2) is 9.03. The van der Waals surface area contributed by atoms with Crippen LogP contribution in [0.15, 0.2) is 42.7 Å². The highest BCUT2D eigenvalue weighted by Crippen LogP contribution is 2.06.